The number of likely N-dealkylation sites (tertiary alicyclic amines) is 1. The Morgan fingerprint density at radius 1 is 1.37 bits per heavy atom. The van der Waals surface area contributed by atoms with Gasteiger partial charge in [-0.25, -0.2) is 0 Å². The van der Waals surface area contributed by atoms with E-state index in [1.54, 1.807) is 4.90 Å². The molecule has 0 aliphatic carbocycles. The molecule has 0 aromatic carbocycles. The Balaban J connectivity index is 2.19. The summed E-state index contributed by atoms with van der Waals surface area (Å²) in [7, 11) is 0. The Kier molecular flexibility index (Phi) is 3.94. The van der Waals surface area contributed by atoms with Crippen LogP contribution in [0.25, 0.3) is 0 Å². The van der Waals surface area contributed by atoms with E-state index >= 15 is 0 Å². The molecule has 1 aromatic rings. The molecule has 1 N–H and O–H groups in total. The van der Waals surface area contributed by atoms with E-state index in [0.29, 0.717) is 17.8 Å². The zero-order valence-electron chi connectivity index (χ0n) is 11.5. The number of aryl methyl sites for hydroxylation is 2. The Hall–Kier alpha value is -1.36. The van der Waals surface area contributed by atoms with Crippen LogP contribution in [0.2, 0.25) is 0 Å². The van der Waals surface area contributed by atoms with Gasteiger partial charge < -0.3 is 10.0 Å². The summed E-state index contributed by atoms with van der Waals surface area (Å²) >= 11 is 1.49. The van der Waals surface area contributed by atoms with Gasteiger partial charge in [-0.05, 0) is 45.2 Å². The summed E-state index contributed by atoms with van der Waals surface area (Å²) in [6, 6.07) is 2.02. The largest absolute Gasteiger partial charge is 0.481 e. The number of piperidine rings is 1. The van der Waals surface area contributed by atoms with Gasteiger partial charge in [-0.1, -0.05) is 0 Å². The molecule has 1 aromatic heterocycles. The minimum atomic E-state index is -0.803. The number of carbonyl (C=O) groups excluding carboxylic acids is 1. The second-order valence-corrected chi connectivity index (χ2v) is 6.53. The lowest BCUT2D eigenvalue weighted by atomic mass is 9.93. The molecule has 2 unspecified atom stereocenters. The molecule has 1 amide bonds. The number of aliphatic carboxylic acids is 1. The van der Waals surface area contributed by atoms with Gasteiger partial charge in [-0.15, -0.1) is 11.3 Å². The highest BCUT2D eigenvalue weighted by atomic mass is 32.1. The lowest BCUT2D eigenvalue weighted by Crippen LogP contribution is -2.47. The fourth-order valence-electron chi connectivity index (χ4n) is 2.41. The van der Waals surface area contributed by atoms with Crippen molar-refractivity contribution in [2.24, 2.45) is 5.92 Å². The molecule has 1 saturated heterocycles. The number of carbonyl (C=O) groups is 2. The Morgan fingerprint density at radius 3 is 2.58 bits per heavy atom. The molecule has 1 aliphatic rings. The molecule has 0 bridgehead atoms. The summed E-state index contributed by atoms with van der Waals surface area (Å²) in [5.74, 6) is -1.26. The fourth-order valence-corrected chi connectivity index (χ4v) is 3.40. The fraction of sp³-hybridized carbons (Fsp3) is 0.571. The van der Waals surface area contributed by atoms with Crippen LogP contribution in [0, 0.1) is 19.8 Å². The quantitative estimate of drug-likeness (QED) is 0.906. The Morgan fingerprint density at radius 2 is 2.05 bits per heavy atom. The van der Waals surface area contributed by atoms with E-state index in [2.05, 4.69) is 0 Å². The van der Waals surface area contributed by atoms with Gasteiger partial charge in [0.2, 0.25) is 0 Å². The average Bonchev–Trinajstić information content (AvgIpc) is 2.69. The van der Waals surface area contributed by atoms with Gasteiger partial charge in [-0.2, -0.15) is 0 Å². The van der Waals surface area contributed by atoms with Crippen LogP contribution in [0.3, 0.4) is 0 Å². The highest BCUT2D eigenvalue weighted by Gasteiger charge is 2.33. The maximum absolute atomic E-state index is 12.5. The summed E-state index contributed by atoms with van der Waals surface area (Å²) in [5, 5.41) is 9.11. The SMILES string of the molecule is Cc1cc(C(=O)N2CC(C(=O)O)CCC2C)sc1C. The predicted octanol–water partition coefficient (Wildman–Crippen LogP) is 2.69. The minimum absolute atomic E-state index is 0.0281. The van der Waals surface area contributed by atoms with Gasteiger partial charge in [0.15, 0.2) is 0 Å². The van der Waals surface area contributed by atoms with Gasteiger partial charge in [0.05, 0.1) is 10.8 Å². The van der Waals surface area contributed by atoms with E-state index in [0.717, 1.165) is 16.9 Å². The monoisotopic (exact) mass is 281 g/mol. The lowest BCUT2D eigenvalue weighted by Gasteiger charge is -2.36. The van der Waals surface area contributed by atoms with Crippen molar-refractivity contribution in [3.05, 3.63) is 21.4 Å². The van der Waals surface area contributed by atoms with E-state index in [-0.39, 0.29) is 11.9 Å². The number of nitrogens with zero attached hydrogens (tertiary/aromatic N) is 1. The third-order valence-corrected chi connectivity index (χ3v) is 5.01. The van der Waals surface area contributed by atoms with E-state index in [1.165, 1.54) is 11.3 Å². The summed E-state index contributed by atoms with van der Waals surface area (Å²) in [5.41, 5.74) is 1.12. The van der Waals surface area contributed by atoms with Crippen LogP contribution in [0.4, 0.5) is 0 Å². The standard InChI is InChI=1S/C14H19NO3S/c1-8-6-12(19-10(8)3)13(16)15-7-11(14(17)18)5-4-9(15)2/h6,9,11H,4-5,7H2,1-3H3,(H,17,18). The van der Waals surface area contributed by atoms with Gasteiger partial charge in [0, 0.05) is 17.5 Å². The number of amides is 1. The van der Waals surface area contributed by atoms with Crippen molar-refractivity contribution >= 4 is 23.2 Å². The smallest absolute Gasteiger partial charge is 0.308 e. The van der Waals surface area contributed by atoms with E-state index in [1.807, 2.05) is 26.8 Å². The number of carboxylic acid groups (broad SMARTS) is 1. The molecule has 1 aliphatic heterocycles. The molecule has 104 valence electrons. The molecule has 0 spiro atoms. The van der Waals surface area contributed by atoms with E-state index in [9.17, 15) is 9.59 Å². The topological polar surface area (TPSA) is 57.6 Å². The van der Waals surface area contributed by atoms with Crippen LogP contribution in [0.5, 0.6) is 0 Å². The number of hydrogen-bond donors (Lipinski definition) is 1. The molecule has 19 heavy (non-hydrogen) atoms. The van der Waals surface area contributed by atoms with Crippen LogP contribution < -0.4 is 0 Å². The van der Waals surface area contributed by atoms with Crippen LogP contribution >= 0.6 is 11.3 Å². The highest BCUT2D eigenvalue weighted by Crippen LogP contribution is 2.27. The number of carboxylic acids is 1. The zero-order chi connectivity index (χ0) is 14.2. The first-order chi connectivity index (χ1) is 8.90. The van der Waals surface area contributed by atoms with Crippen molar-refractivity contribution in [3.8, 4) is 0 Å². The normalized spacial score (nSPS) is 23.4. The van der Waals surface area contributed by atoms with Crippen molar-refractivity contribution in [3.63, 3.8) is 0 Å². The molecule has 1 fully saturated rings. The summed E-state index contributed by atoms with van der Waals surface area (Å²) in [4.78, 5) is 27.1. The van der Waals surface area contributed by atoms with Crippen molar-refractivity contribution in [2.75, 3.05) is 6.54 Å². The number of rotatable bonds is 2. The number of thiophene rings is 1. The molecule has 2 heterocycles. The highest BCUT2D eigenvalue weighted by molar-refractivity contribution is 7.14. The first kappa shape index (κ1) is 14.1. The first-order valence-corrected chi connectivity index (χ1v) is 7.32. The molecule has 5 heteroatoms. The van der Waals surface area contributed by atoms with Crippen LogP contribution in [-0.2, 0) is 4.79 Å². The van der Waals surface area contributed by atoms with Crippen LogP contribution in [-0.4, -0.2) is 34.5 Å². The van der Waals surface area contributed by atoms with Crippen LogP contribution in [0.1, 0.15) is 39.9 Å². The predicted molar refractivity (Wildman–Crippen MR) is 74.7 cm³/mol. The third kappa shape index (κ3) is 2.81. The van der Waals surface area contributed by atoms with Crippen molar-refractivity contribution < 1.29 is 14.7 Å². The Labute approximate surface area is 117 Å². The first-order valence-electron chi connectivity index (χ1n) is 6.51. The van der Waals surface area contributed by atoms with Gasteiger partial charge >= 0.3 is 5.97 Å². The Bertz CT molecular complexity index is 489. The van der Waals surface area contributed by atoms with E-state index in [4.69, 9.17) is 5.11 Å². The summed E-state index contributed by atoms with van der Waals surface area (Å²) < 4.78 is 0. The third-order valence-electron chi connectivity index (χ3n) is 3.87. The van der Waals surface area contributed by atoms with Crippen molar-refractivity contribution in [1.29, 1.82) is 0 Å². The summed E-state index contributed by atoms with van der Waals surface area (Å²) in [6.07, 6.45) is 1.41. The molecule has 0 radical (unpaired) electrons. The lowest BCUT2D eigenvalue weighted by molar-refractivity contribution is -0.143. The van der Waals surface area contributed by atoms with Gasteiger partial charge in [0.25, 0.3) is 5.91 Å². The molecule has 4 nitrogen and oxygen atoms in total. The van der Waals surface area contributed by atoms with Crippen molar-refractivity contribution in [2.45, 2.75) is 39.7 Å². The maximum atomic E-state index is 12.5. The van der Waals surface area contributed by atoms with E-state index < -0.39 is 11.9 Å². The molecular weight excluding hydrogens is 262 g/mol. The van der Waals surface area contributed by atoms with Gasteiger partial charge in [0.1, 0.15) is 0 Å². The van der Waals surface area contributed by atoms with Crippen LogP contribution in [0.15, 0.2) is 6.07 Å². The second kappa shape index (κ2) is 5.33. The van der Waals surface area contributed by atoms with Crippen molar-refractivity contribution in [1.82, 2.24) is 4.90 Å². The van der Waals surface area contributed by atoms with Gasteiger partial charge in [-0.3, -0.25) is 9.59 Å². The number of hydrogen-bond acceptors (Lipinski definition) is 3. The maximum Gasteiger partial charge on any atom is 0.308 e. The zero-order valence-corrected chi connectivity index (χ0v) is 12.3. The summed E-state index contributed by atoms with van der Waals surface area (Å²) in [6.45, 7) is 6.30. The molecule has 0 saturated carbocycles. The average molecular weight is 281 g/mol. The molecule has 2 rings (SSSR count). The second-order valence-electron chi connectivity index (χ2n) is 5.27. The minimum Gasteiger partial charge on any atom is -0.481 e. The molecule has 2 atom stereocenters. The molecular formula is C14H19NO3S.